The first kappa shape index (κ1) is 18.9. The van der Waals surface area contributed by atoms with Crippen LogP contribution in [0.15, 0.2) is 36.5 Å². The molecular weight excluding hydrogens is 359 g/mol. The van der Waals surface area contributed by atoms with E-state index in [0.29, 0.717) is 29.5 Å². The van der Waals surface area contributed by atoms with Crippen molar-refractivity contribution in [3.05, 3.63) is 47.9 Å². The second-order valence-electron chi connectivity index (χ2n) is 7.94. The Hall–Kier alpha value is -2.47. The number of rotatable bonds is 7. The molecule has 6 heteroatoms. The maximum Gasteiger partial charge on any atom is 0.253 e. The van der Waals surface area contributed by atoms with Gasteiger partial charge >= 0.3 is 0 Å². The SMILES string of the molecule is O=C(NC1(CO)CCCC1)c1cnc(OCC2CC2)c(-c2ccc(F)cc2)c1. The highest BCUT2D eigenvalue weighted by molar-refractivity contribution is 5.96. The van der Waals surface area contributed by atoms with E-state index in [0.717, 1.165) is 44.1 Å². The van der Waals surface area contributed by atoms with E-state index >= 15 is 0 Å². The first-order valence-electron chi connectivity index (χ1n) is 9.91. The van der Waals surface area contributed by atoms with Gasteiger partial charge in [-0.05, 0) is 55.4 Å². The lowest BCUT2D eigenvalue weighted by molar-refractivity contribution is 0.0838. The smallest absolute Gasteiger partial charge is 0.253 e. The van der Waals surface area contributed by atoms with Gasteiger partial charge in [0, 0.05) is 11.8 Å². The minimum absolute atomic E-state index is 0.0699. The van der Waals surface area contributed by atoms with E-state index in [2.05, 4.69) is 10.3 Å². The maximum absolute atomic E-state index is 13.3. The second kappa shape index (κ2) is 7.87. The lowest BCUT2D eigenvalue weighted by Crippen LogP contribution is -2.49. The molecule has 0 unspecified atom stereocenters. The average Bonchev–Trinajstić information content (AvgIpc) is 3.44. The lowest BCUT2D eigenvalue weighted by atomic mass is 9.98. The Balaban J connectivity index is 1.61. The Morgan fingerprint density at radius 1 is 1.25 bits per heavy atom. The van der Waals surface area contributed by atoms with Crippen LogP contribution < -0.4 is 10.1 Å². The molecule has 0 bridgehead atoms. The summed E-state index contributed by atoms with van der Waals surface area (Å²) in [7, 11) is 0. The fraction of sp³-hybridized carbons (Fsp3) is 0.455. The molecule has 2 fully saturated rings. The molecule has 0 atom stereocenters. The van der Waals surface area contributed by atoms with Crippen LogP contribution in [-0.2, 0) is 0 Å². The summed E-state index contributed by atoms with van der Waals surface area (Å²) in [6.45, 7) is 0.528. The van der Waals surface area contributed by atoms with Crippen molar-refractivity contribution in [2.75, 3.05) is 13.2 Å². The molecule has 0 spiro atoms. The second-order valence-corrected chi connectivity index (χ2v) is 7.94. The third kappa shape index (κ3) is 4.17. The van der Waals surface area contributed by atoms with Gasteiger partial charge in [0.25, 0.3) is 5.91 Å². The number of aliphatic hydroxyl groups excluding tert-OH is 1. The number of amides is 1. The molecule has 2 N–H and O–H groups in total. The van der Waals surface area contributed by atoms with Gasteiger partial charge in [0.05, 0.1) is 24.3 Å². The minimum Gasteiger partial charge on any atom is -0.477 e. The van der Waals surface area contributed by atoms with Gasteiger partial charge in [-0.15, -0.1) is 0 Å². The Kier molecular flexibility index (Phi) is 5.31. The van der Waals surface area contributed by atoms with Crippen molar-refractivity contribution in [2.24, 2.45) is 5.92 Å². The number of nitrogens with zero attached hydrogens (tertiary/aromatic N) is 1. The summed E-state index contributed by atoms with van der Waals surface area (Å²) in [5, 5.41) is 12.8. The number of pyridine rings is 1. The Morgan fingerprint density at radius 3 is 2.61 bits per heavy atom. The van der Waals surface area contributed by atoms with E-state index in [-0.39, 0.29) is 18.3 Å². The molecule has 28 heavy (non-hydrogen) atoms. The first-order chi connectivity index (χ1) is 13.6. The number of ether oxygens (including phenoxy) is 1. The quantitative estimate of drug-likeness (QED) is 0.763. The van der Waals surface area contributed by atoms with Crippen molar-refractivity contribution in [1.29, 1.82) is 0 Å². The molecule has 0 radical (unpaired) electrons. The highest BCUT2D eigenvalue weighted by Gasteiger charge is 2.35. The van der Waals surface area contributed by atoms with Crippen molar-refractivity contribution in [2.45, 2.75) is 44.1 Å². The zero-order valence-electron chi connectivity index (χ0n) is 15.8. The summed E-state index contributed by atoms with van der Waals surface area (Å²) in [5.41, 5.74) is 1.26. The summed E-state index contributed by atoms with van der Waals surface area (Å²) < 4.78 is 19.2. The maximum atomic E-state index is 13.3. The Bertz CT molecular complexity index is 843. The number of hydrogen-bond donors (Lipinski definition) is 2. The summed E-state index contributed by atoms with van der Waals surface area (Å²) in [5.74, 6) is 0.433. The normalized spacial score (nSPS) is 18.1. The lowest BCUT2D eigenvalue weighted by Gasteiger charge is -2.28. The molecule has 1 amide bonds. The highest BCUT2D eigenvalue weighted by atomic mass is 19.1. The third-order valence-corrected chi connectivity index (χ3v) is 5.66. The van der Waals surface area contributed by atoms with Crippen LogP contribution in [-0.4, -0.2) is 34.8 Å². The molecule has 148 valence electrons. The number of nitrogens with one attached hydrogen (secondary N) is 1. The first-order valence-corrected chi connectivity index (χ1v) is 9.91. The van der Waals surface area contributed by atoms with E-state index in [1.54, 1.807) is 18.2 Å². The van der Waals surface area contributed by atoms with Crippen LogP contribution in [0.25, 0.3) is 11.1 Å². The molecule has 2 aromatic rings. The summed E-state index contributed by atoms with van der Waals surface area (Å²) in [6.07, 6.45) is 7.36. The number of hydrogen-bond acceptors (Lipinski definition) is 4. The number of halogens is 1. The zero-order chi connectivity index (χ0) is 19.6. The molecule has 2 saturated carbocycles. The molecule has 1 aromatic heterocycles. The van der Waals surface area contributed by atoms with Gasteiger partial charge in [-0.25, -0.2) is 9.37 Å². The van der Waals surface area contributed by atoms with E-state index in [1.807, 2.05) is 0 Å². The number of carbonyl (C=O) groups is 1. The summed E-state index contributed by atoms with van der Waals surface area (Å²) >= 11 is 0. The third-order valence-electron chi connectivity index (χ3n) is 5.66. The molecule has 0 saturated heterocycles. The highest BCUT2D eigenvalue weighted by Crippen LogP contribution is 2.34. The molecule has 1 aromatic carbocycles. The fourth-order valence-electron chi connectivity index (χ4n) is 3.70. The zero-order valence-corrected chi connectivity index (χ0v) is 15.8. The summed E-state index contributed by atoms with van der Waals surface area (Å²) in [4.78, 5) is 17.2. The molecule has 2 aliphatic carbocycles. The van der Waals surface area contributed by atoms with Crippen LogP contribution in [0.4, 0.5) is 4.39 Å². The fourth-order valence-corrected chi connectivity index (χ4v) is 3.70. The largest absolute Gasteiger partial charge is 0.477 e. The summed E-state index contributed by atoms with van der Waals surface area (Å²) in [6, 6.07) is 7.81. The molecule has 2 aliphatic rings. The van der Waals surface area contributed by atoms with Crippen molar-refractivity contribution < 1.29 is 19.0 Å². The Morgan fingerprint density at radius 2 is 1.96 bits per heavy atom. The topological polar surface area (TPSA) is 71.5 Å². The van der Waals surface area contributed by atoms with Crippen molar-refractivity contribution >= 4 is 5.91 Å². The predicted molar refractivity (Wildman–Crippen MR) is 104 cm³/mol. The monoisotopic (exact) mass is 384 g/mol. The Labute approximate surface area is 163 Å². The van der Waals surface area contributed by atoms with Gasteiger partial charge in [-0.1, -0.05) is 25.0 Å². The number of aliphatic hydroxyl groups is 1. The van der Waals surface area contributed by atoms with Gasteiger partial charge < -0.3 is 15.2 Å². The van der Waals surface area contributed by atoms with E-state index in [4.69, 9.17) is 4.74 Å². The van der Waals surface area contributed by atoms with Crippen LogP contribution >= 0.6 is 0 Å². The molecule has 1 heterocycles. The van der Waals surface area contributed by atoms with Crippen molar-refractivity contribution in [3.8, 4) is 17.0 Å². The van der Waals surface area contributed by atoms with Crippen LogP contribution in [0, 0.1) is 11.7 Å². The standard InChI is InChI=1S/C22H25FN2O3/c23-18-7-5-16(6-8-18)19-11-17(12-24-21(19)28-13-15-3-4-15)20(27)25-22(14-26)9-1-2-10-22/h5-8,11-12,15,26H,1-4,9-10,13-14H2,(H,25,27). The van der Waals surface area contributed by atoms with Crippen molar-refractivity contribution in [3.63, 3.8) is 0 Å². The molecule has 4 rings (SSSR count). The van der Waals surface area contributed by atoms with Crippen LogP contribution in [0.1, 0.15) is 48.9 Å². The predicted octanol–water partition coefficient (Wildman–Crippen LogP) is 3.71. The van der Waals surface area contributed by atoms with Crippen LogP contribution in [0.2, 0.25) is 0 Å². The number of carbonyl (C=O) groups excluding carboxylic acids is 1. The van der Waals surface area contributed by atoms with Gasteiger partial charge in [0.1, 0.15) is 5.82 Å². The van der Waals surface area contributed by atoms with Gasteiger partial charge in [-0.3, -0.25) is 4.79 Å². The van der Waals surface area contributed by atoms with Gasteiger partial charge in [0.15, 0.2) is 0 Å². The molecular formula is C22H25FN2O3. The van der Waals surface area contributed by atoms with E-state index in [1.165, 1.54) is 18.3 Å². The number of benzene rings is 1. The molecule has 5 nitrogen and oxygen atoms in total. The van der Waals surface area contributed by atoms with Gasteiger partial charge in [-0.2, -0.15) is 0 Å². The average molecular weight is 384 g/mol. The van der Waals surface area contributed by atoms with Crippen LogP contribution in [0.5, 0.6) is 5.88 Å². The minimum atomic E-state index is -0.547. The number of aromatic nitrogens is 1. The van der Waals surface area contributed by atoms with E-state index in [9.17, 15) is 14.3 Å². The van der Waals surface area contributed by atoms with Crippen LogP contribution in [0.3, 0.4) is 0 Å². The molecule has 0 aliphatic heterocycles. The van der Waals surface area contributed by atoms with Crippen molar-refractivity contribution in [1.82, 2.24) is 10.3 Å². The van der Waals surface area contributed by atoms with E-state index < -0.39 is 5.54 Å². The van der Waals surface area contributed by atoms with Gasteiger partial charge in [0.2, 0.25) is 5.88 Å².